The van der Waals surface area contributed by atoms with Gasteiger partial charge in [0.1, 0.15) is 0 Å². The fraction of sp³-hybridized carbons (Fsp3) is 0.556. The van der Waals surface area contributed by atoms with E-state index >= 15 is 0 Å². The lowest BCUT2D eigenvalue weighted by molar-refractivity contribution is 0.203. The maximum absolute atomic E-state index is 6.26. The Bertz CT molecular complexity index is 459. The summed E-state index contributed by atoms with van der Waals surface area (Å²) in [6.45, 7) is 12.0. The Kier molecular flexibility index (Phi) is 9.01. The highest BCUT2D eigenvalue weighted by atomic mass is 28.5. The van der Waals surface area contributed by atoms with Crippen LogP contribution in [0, 0.1) is 0 Å². The Hall–Kier alpha value is -0.726. The molecule has 0 heterocycles. The molecule has 23 heavy (non-hydrogen) atoms. The average molecular weight is 353 g/mol. The minimum Gasteiger partial charge on any atom is -0.415 e. The van der Waals surface area contributed by atoms with Gasteiger partial charge in [-0.2, -0.15) is 0 Å². The van der Waals surface area contributed by atoms with Gasteiger partial charge in [-0.3, -0.25) is 0 Å². The second-order valence-electron chi connectivity index (χ2n) is 6.58. The molecular weight excluding hydrogens is 320 g/mol. The third kappa shape index (κ3) is 9.89. The molecule has 0 fully saturated rings. The van der Waals surface area contributed by atoms with E-state index in [2.05, 4.69) is 51.3 Å². The molecule has 5 heteroatoms. The SMILES string of the molecule is CCCCCO[Si](C)(C)O[Si](C)(C)OC/C=C/c1ccccc1. The molecule has 0 atom stereocenters. The molecule has 0 N–H and O–H groups in total. The van der Waals surface area contributed by atoms with Gasteiger partial charge in [-0.05, 0) is 38.2 Å². The zero-order valence-corrected chi connectivity index (χ0v) is 17.3. The van der Waals surface area contributed by atoms with E-state index in [1.807, 2.05) is 24.3 Å². The molecule has 3 nitrogen and oxygen atoms in total. The number of hydrogen-bond donors (Lipinski definition) is 0. The van der Waals surface area contributed by atoms with Crippen molar-refractivity contribution in [3.63, 3.8) is 0 Å². The van der Waals surface area contributed by atoms with E-state index in [0.29, 0.717) is 6.61 Å². The van der Waals surface area contributed by atoms with Crippen molar-refractivity contribution in [2.75, 3.05) is 13.2 Å². The van der Waals surface area contributed by atoms with E-state index in [4.69, 9.17) is 13.0 Å². The fourth-order valence-electron chi connectivity index (χ4n) is 2.32. The molecule has 0 spiro atoms. The van der Waals surface area contributed by atoms with Crippen LogP contribution in [0.2, 0.25) is 26.2 Å². The van der Waals surface area contributed by atoms with Crippen LogP contribution in [0.3, 0.4) is 0 Å². The van der Waals surface area contributed by atoms with Gasteiger partial charge < -0.3 is 13.0 Å². The quantitative estimate of drug-likeness (QED) is 0.397. The molecule has 0 bridgehead atoms. The lowest BCUT2D eigenvalue weighted by Crippen LogP contribution is -2.48. The van der Waals surface area contributed by atoms with Crippen LogP contribution < -0.4 is 0 Å². The minimum absolute atomic E-state index is 0.578. The van der Waals surface area contributed by atoms with Crippen LogP contribution in [-0.2, 0) is 13.0 Å². The van der Waals surface area contributed by atoms with Crippen LogP contribution in [0.4, 0.5) is 0 Å². The van der Waals surface area contributed by atoms with Gasteiger partial charge in [0.2, 0.25) is 0 Å². The molecule has 0 amide bonds. The highest BCUT2D eigenvalue weighted by Gasteiger charge is 2.36. The van der Waals surface area contributed by atoms with Crippen molar-refractivity contribution in [3.05, 3.63) is 42.0 Å². The first-order chi connectivity index (χ1) is 10.8. The minimum atomic E-state index is -2.16. The summed E-state index contributed by atoms with van der Waals surface area (Å²) in [5.41, 5.74) is 1.19. The van der Waals surface area contributed by atoms with Crippen molar-refractivity contribution in [1.82, 2.24) is 0 Å². The van der Waals surface area contributed by atoms with Gasteiger partial charge in [0, 0.05) is 6.61 Å². The van der Waals surface area contributed by atoms with E-state index in [0.717, 1.165) is 13.0 Å². The number of hydrogen-bond acceptors (Lipinski definition) is 3. The van der Waals surface area contributed by atoms with Crippen LogP contribution in [0.5, 0.6) is 0 Å². The van der Waals surface area contributed by atoms with Gasteiger partial charge >= 0.3 is 17.1 Å². The van der Waals surface area contributed by atoms with Crippen molar-refractivity contribution in [3.8, 4) is 0 Å². The molecule has 0 aliphatic carbocycles. The number of rotatable bonds is 11. The highest BCUT2D eigenvalue weighted by molar-refractivity contribution is 6.78. The maximum Gasteiger partial charge on any atom is 0.323 e. The summed E-state index contributed by atoms with van der Waals surface area (Å²) in [7, 11) is -4.26. The van der Waals surface area contributed by atoms with Crippen molar-refractivity contribution < 1.29 is 13.0 Å². The zero-order valence-electron chi connectivity index (χ0n) is 15.3. The molecule has 0 aromatic heterocycles. The van der Waals surface area contributed by atoms with Gasteiger partial charge in [-0.1, -0.05) is 62.2 Å². The van der Waals surface area contributed by atoms with Crippen molar-refractivity contribution in [1.29, 1.82) is 0 Å². The molecule has 1 aromatic carbocycles. The molecule has 1 rings (SSSR count). The van der Waals surface area contributed by atoms with Crippen LogP contribution in [-0.4, -0.2) is 30.3 Å². The first-order valence-electron chi connectivity index (χ1n) is 8.54. The Morgan fingerprint density at radius 2 is 1.57 bits per heavy atom. The molecule has 0 aliphatic rings. The number of benzene rings is 1. The summed E-state index contributed by atoms with van der Waals surface area (Å²) < 4.78 is 18.3. The molecule has 0 unspecified atom stereocenters. The Morgan fingerprint density at radius 3 is 2.22 bits per heavy atom. The van der Waals surface area contributed by atoms with E-state index in [1.165, 1.54) is 18.4 Å². The summed E-state index contributed by atoms with van der Waals surface area (Å²) in [6.07, 6.45) is 7.66. The monoisotopic (exact) mass is 352 g/mol. The summed E-state index contributed by atoms with van der Waals surface area (Å²) in [5.74, 6) is 0. The lowest BCUT2D eigenvalue weighted by atomic mass is 10.2. The predicted molar refractivity (Wildman–Crippen MR) is 103 cm³/mol. The fourth-order valence-corrected chi connectivity index (χ4v) is 8.66. The zero-order chi connectivity index (χ0) is 17.2. The Balaban J connectivity index is 2.35. The smallest absolute Gasteiger partial charge is 0.323 e. The standard InChI is InChI=1S/C18H32O3Si2/c1-6-7-11-16-19-22(2,3)21-23(4,5)20-17-12-15-18-13-9-8-10-14-18/h8-10,12-15H,6-7,11,16-17H2,1-5H3/b15-12+. The molecule has 0 saturated heterocycles. The molecule has 0 radical (unpaired) electrons. The maximum atomic E-state index is 6.26. The van der Waals surface area contributed by atoms with E-state index < -0.39 is 17.1 Å². The van der Waals surface area contributed by atoms with Crippen molar-refractivity contribution >= 4 is 23.2 Å². The van der Waals surface area contributed by atoms with E-state index in [9.17, 15) is 0 Å². The van der Waals surface area contributed by atoms with Crippen LogP contribution in [0.1, 0.15) is 31.7 Å². The third-order valence-electron chi connectivity index (χ3n) is 3.33. The van der Waals surface area contributed by atoms with Gasteiger partial charge in [-0.25, -0.2) is 0 Å². The van der Waals surface area contributed by atoms with E-state index in [-0.39, 0.29) is 0 Å². The summed E-state index contributed by atoms with van der Waals surface area (Å²) >= 11 is 0. The average Bonchev–Trinajstić information content (AvgIpc) is 2.48. The second kappa shape index (κ2) is 10.2. The third-order valence-corrected chi connectivity index (χ3v) is 9.02. The summed E-state index contributed by atoms with van der Waals surface area (Å²) in [4.78, 5) is 0. The van der Waals surface area contributed by atoms with Crippen molar-refractivity contribution in [2.45, 2.75) is 52.4 Å². The van der Waals surface area contributed by atoms with E-state index in [1.54, 1.807) is 0 Å². The molecule has 130 valence electrons. The van der Waals surface area contributed by atoms with Gasteiger partial charge in [0.05, 0.1) is 6.61 Å². The topological polar surface area (TPSA) is 27.7 Å². The highest BCUT2D eigenvalue weighted by Crippen LogP contribution is 2.17. The van der Waals surface area contributed by atoms with Crippen LogP contribution in [0.15, 0.2) is 36.4 Å². The molecule has 0 aliphatic heterocycles. The Morgan fingerprint density at radius 1 is 0.913 bits per heavy atom. The van der Waals surface area contributed by atoms with Gasteiger partial charge in [0.25, 0.3) is 0 Å². The van der Waals surface area contributed by atoms with Crippen molar-refractivity contribution in [2.24, 2.45) is 0 Å². The first kappa shape index (κ1) is 20.3. The molecule has 0 saturated carbocycles. The largest absolute Gasteiger partial charge is 0.415 e. The van der Waals surface area contributed by atoms with Gasteiger partial charge in [-0.15, -0.1) is 0 Å². The normalized spacial score (nSPS) is 12.9. The Labute approximate surface area is 144 Å². The van der Waals surface area contributed by atoms with Crippen LogP contribution in [0.25, 0.3) is 6.08 Å². The molecular formula is C18H32O3Si2. The second-order valence-corrected chi connectivity index (χ2v) is 13.6. The predicted octanol–water partition coefficient (Wildman–Crippen LogP) is 5.34. The molecule has 1 aromatic rings. The van der Waals surface area contributed by atoms with Gasteiger partial charge in [0.15, 0.2) is 0 Å². The summed E-state index contributed by atoms with van der Waals surface area (Å²) in [5, 5.41) is 0. The van der Waals surface area contributed by atoms with Crippen LogP contribution >= 0.6 is 0 Å². The summed E-state index contributed by atoms with van der Waals surface area (Å²) in [6, 6.07) is 10.2. The lowest BCUT2D eigenvalue weighted by Gasteiger charge is -2.32. The number of unbranched alkanes of at least 4 members (excludes halogenated alkanes) is 2. The first-order valence-corrected chi connectivity index (χ1v) is 14.2.